The van der Waals surface area contributed by atoms with Gasteiger partial charge in [-0.1, -0.05) is 45.5 Å². The van der Waals surface area contributed by atoms with Crippen LogP contribution < -0.4 is 4.90 Å². The van der Waals surface area contributed by atoms with Crippen molar-refractivity contribution in [1.29, 1.82) is 0 Å². The van der Waals surface area contributed by atoms with Crippen molar-refractivity contribution in [2.24, 2.45) is 0 Å². The first-order chi connectivity index (χ1) is 9.69. The van der Waals surface area contributed by atoms with E-state index in [0.29, 0.717) is 5.92 Å². The predicted octanol–water partition coefficient (Wildman–Crippen LogP) is 3.91. The third-order valence-corrected chi connectivity index (χ3v) is 5.46. The fourth-order valence-corrected chi connectivity index (χ4v) is 3.63. The number of thiazole rings is 1. The first kappa shape index (κ1) is 14.0. The van der Waals surface area contributed by atoms with Gasteiger partial charge in [-0.15, -0.1) is 0 Å². The topological polar surface area (TPSA) is 36.4 Å². The Labute approximate surface area is 131 Å². The first-order valence-corrected chi connectivity index (χ1v) is 8.35. The van der Waals surface area contributed by atoms with Crippen molar-refractivity contribution in [3.05, 3.63) is 44.9 Å². The molecule has 20 heavy (non-hydrogen) atoms. The summed E-state index contributed by atoms with van der Waals surface area (Å²) < 4.78 is 1.12. The van der Waals surface area contributed by atoms with Crippen molar-refractivity contribution >= 4 is 32.4 Å². The maximum atomic E-state index is 9.47. The van der Waals surface area contributed by atoms with Crippen LogP contribution in [0.1, 0.15) is 34.9 Å². The Morgan fingerprint density at radius 2 is 2.15 bits per heavy atom. The highest BCUT2D eigenvalue weighted by molar-refractivity contribution is 9.10. The van der Waals surface area contributed by atoms with E-state index in [1.54, 1.807) is 11.3 Å². The summed E-state index contributed by atoms with van der Waals surface area (Å²) in [6.07, 6.45) is 2.42. The van der Waals surface area contributed by atoms with Crippen LogP contribution in [0.3, 0.4) is 0 Å². The maximum absolute atomic E-state index is 9.47. The van der Waals surface area contributed by atoms with Gasteiger partial charge < -0.3 is 10.0 Å². The second kappa shape index (κ2) is 5.84. The van der Waals surface area contributed by atoms with Gasteiger partial charge in [0.05, 0.1) is 17.2 Å². The number of hydrogen-bond acceptors (Lipinski definition) is 4. The summed E-state index contributed by atoms with van der Waals surface area (Å²) in [7, 11) is 2.05. The number of nitrogens with zero attached hydrogens (tertiary/aromatic N) is 2. The first-order valence-electron chi connectivity index (χ1n) is 6.74. The third-order valence-electron chi connectivity index (χ3n) is 3.52. The van der Waals surface area contributed by atoms with Gasteiger partial charge in [0.25, 0.3) is 0 Å². The van der Waals surface area contributed by atoms with E-state index in [2.05, 4.69) is 40.0 Å². The summed E-state index contributed by atoms with van der Waals surface area (Å²) >= 11 is 5.19. The molecule has 5 heteroatoms. The molecule has 1 saturated carbocycles. The molecule has 1 aliphatic carbocycles. The van der Waals surface area contributed by atoms with Gasteiger partial charge in [-0.2, -0.15) is 0 Å². The average Bonchev–Trinajstić information content (AvgIpc) is 3.20. The molecular formula is C15H17BrN2OS. The lowest BCUT2D eigenvalue weighted by Gasteiger charge is -2.16. The van der Waals surface area contributed by atoms with E-state index in [1.807, 2.05) is 12.1 Å². The second-order valence-corrected chi connectivity index (χ2v) is 7.10. The van der Waals surface area contributed by atoms with Gasteiger partial charge in [0.1, 0.15) is 0 Å². The SMILES string of the molecule is CN(Cc1ccccc1Br)c1nc(C2CC2)c(CO)s1. The summed E-state index contributed by atoms with van der Waals surface area (Å²) in [6.45, 7) is 0.913. The molecule has 0 spiro atoms. The van der Waals surface area contributed by atoms with Crippen LogP contribution in [0.2, 0.25) is 0 Å². The van der Waals surface area contributed by atoms with Crippen LogP contribution in [0.5, 0.6) is 0 Å². The maximum Gasteiger partial charge on any atom is 0.185 e. The number of aliphatic hydroxyl groups excluding tert-OH is 1. The van der Waals surface area contributed by atoms with Crippen LogP contribution >= 0.6 is 27.3 Å². The standard InChI is InChI=1S/C15H17BrN2OS/c1-18(8-11-4-2-3-5-12(11)16)15-17-14(10-6-7-10)13(9-19)20-15/h2-5,10,19H,6-9H2,1H3. The number of benzene rings is 1. The van der Waals surface area contributed by atoms with E-state index in [0.717, 1.165) is 26.7 Å². The molecule has 106 valence electrons. The zero-order chi connectivity index (χ0) is 14.1. The summed E-state index contributed by atoms with van der Waals surface area (Å²) in [4.78, 5) is 7.92. The van der Waals surface area contributed by atoms with E-state index >= 15 is 0 Å². The number of hydrogen-bond donors (Lipinski definition) is 1. The highest BCUT2D eigenvalue weighted by Crippen LogP contribution is 2.44. The van der Waals surface area contributed by atoms with Crippen molar-refractivity contribution in [2.45, 2.75) is 31.9 Å². The van der Waals surface area contributed by atoms with Crippen LogP contribution in [0.4, 0.5) is 5.13 Å². The summed E-state index contributed by atoms with van der Waals surface area (Å²) in [5, 5.41) is 10.5. The average molecular weight is 353 g/mol. The fraction of sp³-hybridized carbons (Fsp3) is 0.400. The van der Waals surface area contributed by atoms with Gasteiger partial charge in [-0.25, -0.2) is 4.98 Å². The van der Waals surface area contributed by atoms with Crippen LogP contribution in [0.25, 0.3) is 0 Å². The molecule has 2 aromatic rings. The van der Waals surface area contributed by atoms with E-state index in [4.69, 9.17) is 4.98 Å². The molecule has 0 saturated heterocycles. The molecule has 0 unspecified atom stereocenters. The second-order valence-electron chi connectivity index (χ2n) is 5.18. The van der Waals surface area contributed by atoms with Crippen molar-refractivity contribution in [1.82, 2.24) is 4.98 Å². The fourth-order valence-electron chi connectivity index (χ4n) is 2.25. The van der Waals surface area contributed by atoms with Crippen LogP contribution in [0, 0.1) is 0 Å². The van der Waals surface area contributed by atoms with Crippen molar-refractivity contribution in [2.75, 3.05) is 11.9 Å². The van der Waals surface area contributed by atoms with Crippen LogP contribution in [-0.2, 0) is 13.2 Å². The molecule has 0 bridgehead atoms. The molecule has 1 N–H and O–H groups in total. The van der Waals surface area contributed by atoms with Crippen molar-refractivity contribution in [3.8, 4) is 0 Å². The molecule has 0 aliphatic heterocycles. The molecule has 0 amide bonds. The Hall–Kier alpha value is -0.910. The smallest absolute Gasteiger partial charge is 0.185 e. The molecule has 3 nitrogen and oxygen atoms in total. The molecule has 3 rings (SSSR count). The van der Waals surface area contributed by atoms with E-state index in [9.17, 15) is 5.11 Å². The summed E-state index contributed by atoms with van der Waals surface area (Å²) in [5.41, 5.74) is 2.36. The molecule has 0 radical (unpaired) electrons. The van der Waals surface area contributed by atoms with Crippen LogP contribution in [-0.4, -0.2) is 17.1 Å². The normalized spacial score (nSPS) is 14.6. The number of aliphatic hydroxyl groups is 1. The lowest BCUT2D eigenvalue weighted by Crippen LogP contribution is -2.16. The predicted molar refractivity (Wildman–Crippen MR) is 86.3 cm³/mol. The number of halogens is 1. The van der Waals surface area contributed by atoms with Gasteiger partial charge in [0.2, 0.25) is 0 Å². The van der Waals surface area contributed by atoms with Crippen LogP contribution in [0.15, 0.2) is 28.7 Å². The summed E-state index contributed by atoms with van der Waals surface area (Å²) in [5.74, 6) is 0.582. The molecule has 1 aromatic carbocycles. The zero-order valence-electron chi connectivity index (χ0n) is 11.3. The number of aromatic nitrogens is 1. The minimum Gasteiger partial charge on any atom is -0.391 e. The Morgan fingerprint density at radius 1 is 1.40 bits per heavy atom. The van der Waals surface area contributed by atoms with Gasteiger partial charge in [0.15, 0.2) is 5.13 Å². The van der Waals surface area contributed by atoms with Crippen molar-refractivity contribution in [3.63, 3.8) is 0 Å². The minimum absolute atomic E-state index is 0.104. The Balaban J connectivity index is 1.80. The van der Waals surface area contributed by atoms with Crippen molar-refractivity contribution < 1.29 is 5.11 Å². The quantitative estimate of drug-likeness (QED) is 0.885. The molecule has 1 aromatic heterocycles. The number of anilines is 1. The molecule has 0 atom stereocenters. The van der Waals surface area contributed by atoms with Gasteiger partial charge in [0, 0.05) is 24.0 Å². The molecule has 1 heterocycles. The van der Waals surface area contributed by atoms with E-state index in [1.165, 1.54) is 18.4 Å². The highest BCUT2D eigenvalue weighted by Gasteiger charge is 2.30. The lowest BCUT2D eigenvalue weighted by atomic mass is 10.2. The highest BCUT2D eigenvalue weighted by atomic mass is 79.9. The largest absolute Gasteiger partial charge is 0.391 e. The van der Waals surface area contributed by atoms with E-state index in [-0.39, 0.29) is 6.61 Å². The number of rotatable bonds is 5. The summed E-state index contributed by atoms with van der Waals surface area (Å²) in [6, 6.07) is 8.24. The molecule has 1 fully saturated rings. The zero-order valence-corrected chi connectivity index (χ0v) is 13.7. The molecule has 1 aliphatic rings. The minimum atomic E-state index is 0.104. The Morgan fingerprint density at radius 3 is 2.80 bits per heavy atom. The third kappa shape index (κ3) is 2.90. The van der Waals surface area contributed by atoms with Gasteiger partial charge >= 0.3 is 0 Å². The lowest BCUT2D eigenvalue weighted by molar-refractivity contribution is 0.284. The molecular weight excluding hydrogens is 336 g/mol. The van der Waals surface area contributed by atoms with Gasteiger partial charge in [-0.3, -0.25) is 0 Å². The Kier molecular flexibility index (Phi) is 4.10. The van der Waals surface area contributed by atoms with Gasteiger partial charge in [-0.05, 0) is 24.5 Å². The Bertz CT molecular complexity index is 610. The van der Waals surface area contributed by atoms with E-state index < -0.39 is 0 Å². The monoisotopic (exact) mass is 352 g/mol.